The maximum atomic E-state index is 9.08. The zero-order valence-electron chi connectivity index (χ0n) is 13.4. The van der Waals surface area contributed by atoms with Crippen molar-refractivity contribution in [1.29, 1.82) is 0 Å². The van der Waals surface area contributed by atoms with Gasteiger partial charge in [-0.3, -0.25) is 4.68 Å². The average Bonchev–Trinajstić information content (AvgIpc) is 2.77. The third-order valence-electron chi connectivity index (χ3n) is 4.05. The van der Waals surface area contributed by atoms with Gasteiger partial charge in [0.2, 0.25) is 0 Å². The molecule has 0 amide bonds. The van der Waals surface area contributed by atoms with Crippen molar-refractivity contribution in [2.24, 2.45) is 0 Å². The SMILES string of the molecule is CCC(NCc1c(C)nn(CCO)c1C)c1ccc(Cl)cc1. The molecule has 120 valence electrons. The van der Waals surface area contributed by atoms with Gasteiger partial charge in [-0.05, 0) is 38.0 Å². The number of nitrogens with one attached hydrogen (secondary N) is 1. The van der Waals surface area contributed by atoms with Crippen LogP contribution in [0.2, 0.25) is 5.02 Å². The summed E-state index contributed by atoms with van der Waals surface area (Å²) in [6, 6.07) is 8.28. The van der Waals surface area contributed by atoms with Crippen LogP contribution in [0.15, 0.2) is 24.3 Å². The molecule has 2 N–H and O–H groups in total. The van der Waals surface area contributed by atoms with E-state index in [9.17, 15) is 0 Å². The number of aromatic nitrogens is 2. The molecule has 0 fully saturated rings. The zero-order valence-corrected chi connectivity index (χ0v) is 14.2. The van der Waals surface area contributed by atoms with Crippen molar-refractivity contribution in [3.63, 3.8) is 0 Å². The van der Waals surface area contributed by atoms with Crippen molar-refractivity contribution < 1.29 is 5.11 Å². The molecule has 4 nitrogen and oxygen atoms in total. The van der Waals surface area contributed by atoms with Crippen LogP contribution in [0.25, 0.3) is 0 Å². The summed E-state index contributed by atoms with van der Waals surface area (Å²) in [6.45, 7) is 7.65. The Hall–Kier alpha value is -1.36. The molecule has 0 aliphatic carbocycles. The molecule has 2 aromatic rings. The second kappa shape index (κ2) is 7.77. The fraction of sp³-hybridized carbons (Fsp3) is 0.471. The third kappa shape index (κ3) is 3.88. The molecule has 0 saturated heterocycles. The van der Waals surface area contributed by atoms with Gasteiger partial charge in [0.15, 0.2) is 0 Å². The number of nitrogens with zero attached hydrogens (tertiary/aromatic N) is 2. The van der Waals surface area contributed by atoms with E-state index in [4.69, 9.17) is 16.7 Å². The summed E-state index contributed by atoms with van der Waals surface area (Å²) >= 11 is 5.95. The van der Waals surface area contributed by atoms with E-state index in [1.807, 2.05) is 23.7 Å². The number of hydrogen-bond donors (Lipinski definition) is 2. The number of aryl methyl sites for hydroxylation is 1. The van der Waals surface area contributed by atoms with E-state index in [1.54, 1.807) is 0 Å². The Morgan fingerprint density at radius 3 is 2.55 bits per heavy atom. The Labute approximate surface area is 137 Å². The monoisotopic (exact) mass is 321 g/mol. The van der Waals surface area contributed by atoms with Crippen LogP contribution in [-0.2, 0) is 13.1 Å². The smallest absolute Gasteiger partial charge is 0.0644 e. The molecule has 1 atom stereocenters. The van der Waals surface area contributed by atoms with Crippen molar-refractivity contribution in [1.82, 2.24) is 15.1 Å². The van der Waals surface area contributed by atoms with Gasteiger partial charge in [-0.15, -0.1) is 0 Å². The number of halogens is 1. The molecular weight excluding hydrogens is 298 g/mol. The van der Waals surface area contributed by atoms with Gasteiger partial charge < -0.3 is 10.4 Å². The molecule has 0 radical (unpaired) electrons. The van der Waals surface area contributed by atoms with Crippen LogP contribution < -0.4 is 5.32 Å². The summed E-state index contributed by atoms with van der Waals surface area (Å²) in [5.41, 5.74) is 4.58. The lowest BCUT2D eigenvalue weighted by atomic mass is 10.0. The second-order valence-corrected chi connectivity index (χ2v) is 5.93. The second-order valence-electron chi connectivity index (χ2n) is 5.49. The van der Waals surface area contributed by atoms with Crippen LogP contribution >= 0.6 is 11.6 Å². The van der Waals surface area contributed by atoms with Gasteiger partial charge in [-0.25, -0.2) is 0 Å². The van der Waals surface area contributed by atoms with Crippen molar-refractivity contribution in [3.8, 4) is 0 Å². The predicted octanol–water partition coefficient (Wildman–Crippen LogP) is 3.39. The Balaban J connectivity index is 2.09. The van der Waals surface area contributed by atoms with Gasteiger partial charge in [0.25, 0.3) is 0 Å². The molecule has 22 heavy (non-hydrogen) atoms. The first-order chi connectivity index (χ1) is 10.6. The fourth-order valence-corrected chi connectivity index (χ4v) is 2.85. The highest BCUT2D eigenvalue weighted by Crippen LogP contribution is 2.21. The molecule has 1 aromatic heterocycles. The van der Waals surface area contributed by atoms with E-state index in [0.717, 1.165) is 29.4 Å². The van der Waals surface area contributed by atoms with E-state index < -0.39 is 0 Å². The summed E-state index contributed by atoms with van der Waals surface area (Å²) in [6.07, 6.45) is 1.00. The average molecular weight is 322 g/mol. The summed E-state index contributed by atoms with van der Waals surface area (Å²) in [7, 11) is 0. The fourth-order valence-electron chi connectivity index (χ4n) is 2.72. The molecule has 1 unspecified atom stereocenters. The number of hydrogen-bond acceptors (Lipinski definition) is 3. The molecule has 0 bridgehead atoms. The summed E-state index contributed by atoms with van der Waals surface area (Å²) in [5.74, 6) is 0. The van der Waals surface area contributed by atoms with E-state index in [-0.39, 0.29) is 12.6 Å². The summed E-state index contributed by atoms with van der Waals surface area (Å²) in [4.78, 5) is 0. The molecule has 1 heterocycles. The van der Waals surface area contributed by atoms with E-state index >= 15 is 0 Å². The number of aliphatic hydroxyl groups is 1. The molecule has 0 saturated carbocycles. The number of benzene rings is 1. The minimum atomic E-state index is 0.108. The lowest BCUT2D eigenvalue weighted by Gasteiger charge is -2.18. The van der Waals surface area contributed by atoms with Crippen LogP contribution in [0.1, 0.15) is 41.9 Å². The minimum absolute atomic E-state index is 0.108. The van der Waals surface area contributed by atoms with E-state index in [2.05, 4.69) is 36.4 Å². The normalized spacial score (nSPS) is 12.6. The van der Waals surface area contributed by atoms with Crippen LogP contribution in [0, 0.1) is 13.8 Å². The maximum Gasteiger partial charge on any atom is 0.0644 e. The Bertz CT molecular complexity index is 607. The Morgan fingerprint density at radius 1 is 1.27 bits per heavy atom. The van der Waals surface area contributed by atoms with Gasteiger partial charge in [0, 0.05) is 28.9 Å². The molecule has 0 aliphatic heterocycles. The number of rotatable bonds is 7. The van der Waals surface area contributed by atoms with Gasteiger partial charge >= 0.3 is 0 Å². The van der Waals surface area contributed by atoms with Crippen LogP contribution in [0.5, 0.6) is 0 Å². The van der Waals surface area contributed by atoms with Gasteiger partial charge in [-0.2, -0.15) is 5.10 Å². The molecular formula is C17H24ClN3O. The molecule has 0 aliphatic rings. The Morgan fingerprint density at radius 2 is 1.95 bits per heavy atom. The van der Waals surface area contributed by atoms with Crippen LogP contribution in [0.4, 0.5) is 0 Å². The molecule has 0 spiro atoms. The first-order valence-corrected chi connectivity index (χ1v) is 8.07. The van der Waals surface area contributed by atoms with Gasteiger partial charge in [0.1, 0.15) is 0 Å². The van der Waals surface area contributed by atoms with Crippen LogP contribution in [0.3, 0.4) is 0 Å². The lowest BCUT2D eigenvalue weighted by Crippen LogP contribution is -2.21. The minimum Gasteiger partial charge on any atom is -0.394 e. The van der Waals surface area contributed by atoms with Gasteiger partial charge in [0.05, 0.1) is 18.8 Å². The van der Waals surface area contributed by atoms with E-state index in [1.165, 1.54) is 11.1 Å². The highest BCUT2D eigenvalue weighted by Gasteiger charge is 2.14. The topological polar surface area (TPSA) is 50.1 Å². The highest BCUT2D eigenvalue weighted by molar-refractivity contribution is 6.30. The Kier molecular flexibility index (Phi) is 6.00. The predicted molar refractivity (Wildman–Crippen MR) is 90.1 cm³/mol. The molecule has 2 rings (SSSR count). The van der Waals surface area contributed by atoms with Crippen LogP contribution in [-0.4, -0.2) is 21.5 Å². The summed E-state index contributed by atoms with van der Waals surface area (Å²) < 4.78 is 1.87. The maximum absolute atomic E-state index is 9.08. The third-order valence-corrected chi connectivity index (χ3v) is 4.30. The standard InChI is InChI=1S/C17H24ClN3O/c1-4-17(14-5-7-15(18)8-6-14)19-11-16-12(2)20-21(9-10-22)13(16)3/h5-8,17,19,22H,4,9-11H2,1-3H3. The first kappa shape index (κ1) is 17.0. The highest BCUT2D eigenvalue weighted by atomic mass is 35.5. The van der Waals surface area contributed by atoms with E-state index in [0.29, 0.717) is 6.54 Å². The quantitative estimate of drug-likeness (QED) is 0.822. The van der Waals surface area contributed by atoms with Crippen molar-refractivity contribution in [2.75, 3.05) is 6.61 Å². The summed E-state index contributed by atoms with van der Waals surface area (Å²) in [5, 5.41) is 17.9. The molecule has 1 aromatic carbocycles. The molecule has 5 heteroatoms. The lowest BCUT2D eigenvalue weighted by molar-refractivity contribution is 0.267. The van der Waals surface area contributed by atoms with Crippen molar-refractivity contribution >= 4 is 11.6 Å². The van der Waals surface area contributed by atoms with Gasteiger partial charge in [-0.1, -0.05) is 30.7 Å². The largest absolute Gasteiger partial charge is 0.394 e. The zero-order chi connectivity index (χ0) is 16.1. The van der Waals surface area contributed by atoms with Crippen molar-refractivity contribution in [3.05, 3.63) is 51.8 Å². The van der Waals surface area contributed by atoms with Crippen molar-refractivity contribution in [2.45, 2.75) is 46.3 Å². The number of aliphatic hydroxyl groups excluding tert-OH is 1. The first-order valence-electron chi connectivity index (χ1n) is 7.69.